The molecular weight excluding hydrogens is 250 g/mol. The lowest BCUT2D eigenvalue weighted by molar-refractivity contribution is 0.388. The topological polar surface area (TPSA) is 39.1 Å². The number of nitrogens with zero attached hydrogens (tertiary/aromatic N) is 2. The van der Waals surface area contributed by atoms with Crippen LogP contribution in [0.4, 0.5) is 0 Å². The fourth-order valence-corrected chi connectivity index (χ4v) is 2.44. The normalized spacial score (nSPS) is 12.7. The molecule has 0 saturated carbocycles. The van der Waals surface area contributed by atoms with Gasteiger partial charge in [0.05, 0.1) is 25.0 Å². The van der Waals surface area contributed by atoms with E-state index in [9.17, 15) is 0 Å². The summed E-state index contributed by atoms with van der Waals surface area (Å²) < 4.78 is 7.50. The van der Waals surface area contributed by atoms with Gasteiger partial charge < -0.3 is 10.1 Å². The molecule has 0 amide bonds. The van der Waals surface area contributed by atoms with Gasteiger partial charge in [0, 0.05) is 6.04 Å². The Hall–Kier alpha value is -1.81. The number of benzene rings is 1. The van der Waals surface area contributed by atoms with Gasteiger partial charge in [-0.1, -0.05) is 30.3 Å². The second kappa shape index (κ2) is 6.57. The van der Waals surface area contributed by atoms with Crippen LogP contribution in [-0.2, 0) is 6.42 Å². The quantitative estimate of drug-likeness (QED) is 0.879. The summed E-state index contributed by atoms with van der Waals surface area (Å²) in [7, 11) is 3.67. The summed E-state index contributed by atoms with van der Waals surface area (Å²) in [6.45, 7) is 4.26. The lowest BCUT2D eigenvalue weighted by atomic mass is 10.0. The van der Waals surface area contributed by atoms with E-state index in [-0.39, 0.29) is 6.04 Å². The van der Waals surface area contributed by atoms with E-state index < -0.39 is 0 Å². The molecule has 0 saturated heterocycles. The molecule has 1 unspecified atom stereocenters. The molecule has 4 heteroatoms. The molecule has 0 aliphatic rings. The van der Waals surface area contributed by atoms with Gasteiger partial charge in [0.15, 0.2) is 5.75 Å². The maximum Gasteiger partial charge on any atom is 0.161 e. The van der Waals surface area contributed by atoms with Crippen molar-refractivity contribution in [2.75, 3.05) is 14.2 Å². The van der Waals surface area contributed by atoms with E-state index in [4.69, 9.17) is 4.74 Å². The minimum atomic E-state index is 0.178. The molecule has 0 aliphatic heterocycles. The molecule has 1 N–H and O–H groups in total. The standard InChI is InChI=1S/C16H23N3O/c1-12(2)19-16(15(20-4)11-18-19)14(17-3)10-13-8-6-5-7-9-13/h5-9,11-12,14,17H,10H2,1-4H3. The van der Waals surface area contributed by atoms with Crippen molar-refractivity contribution in [1.29, 1.82) is 0 Å². The lowest BCUT2D eigenvalue weighted by Gasteiger charge is -2.21. The number of nitrogens with one attached hydrogen (secondary N) is 1. The Morgan fingerprint density at radius 2 is 1.95 bits per heavy atom. The van der Waals surface area contributed by atoms with E-state index in [0.717, 1.165) is 17.9 Å². The van der Waals surface area contributed by atoms with Crippen molar-refractivity contribution in [3.63, 3.8) is 0 Å². The number of aromatic nitrogens is 2. The smallest absolute Gasteiger partial charge is 0.161 e. The van der Waals surface area contributed by atoms with Crippen LogP contribution in [0.2, 0.25) is 0 Å². The summed E-state index contributed by atoms with van der Waals surface area (Å²) in [6.07, 6.45) is 2.71. The van der Waals surface area contributed by atoms with E-state index in [2.05, 4.69) is 48.5 Å². The summed E-state index contributed by atoms with van der Waals surface area (Å²) in [5.41, 5.74) is 2.40. The molecule has 1 aromatic heterocycles. The predicted octanol–water partition coefficient (Wildman–Crippen LogP) is 2.98. The van der Waals surface area contributed by atoms with E-state index in [0.29, 0.717) is 6.04 Å². The fraction of sp³-hybridized carbons (Fsp3) is 0.438. The van der Waals surface area contributed by atoms with Gasteiger partial charge in [-0.2, -0.15) is 5.10 Å². The number of ether oxygens (including phenoxy) is 1. The summed E-state index contributed by atoms with van der Waals surface area (Å²) in [5, 5.41) is 7.83. The zero-order valence-corrected chi connectivity index (χ0v) is 12.6. The molecule has 20 heavy (non-hydrogen) atoms. The van der Waals surface area contributed by atoms with Gasteiger partial charge in [-0.15, -0.1) is 0 Å². The molecule has 1 heterocycles. The van der Waals surface area contributed by atoms with Gasteiger partial charge >= 0.3 is 0 Å². The molecule has 1 atom stereocenters. The Balaban J connectivity index is 2.33. The van der Waals surface area contributed by atoms with Crippen molar-refractivity contribution in [3.8, 4) is 5.75 Å². The van der Waals surface area contributed by atoms with Crippen LogP contribution in [0.5, 0.6) is 5.75 Å². The molecule has 0 fully saturated rings. The maximum absolute atomic E-state index is 5.47. The van der Waals surface area contributed by atoms with Crippen LogP contribution in [0.1, 0.15) is 37.2 Å². The van der Waals surface area contributed by atoms with Gasteiger partial charge in [0.2, 0.25) is 0 Å². The van der Waals surface area contributed by atoms with Crippen LogP contribution in [0.3, 0.4) is 0 Å². The Morgan fingerprint density at radius 1 is 1.25 bits per heavy atom. The van der Waals surface area contributed by atoms with Crippen LogP contribution < -0.4 is 10.1 Å². The molecule has 0 spiro atoms. The Labute approximate surface area is 120 Å². The molecule has 2 rings (SSSR count). The molecule has 0 bridgehead atoms. The van der Waals surface area contributed by atoms with E-state index in [1.54, 1.807) is 13.3 Å². The van der Waals surface area contributed by atoms with Gasteiger partial charge in [-0.25, -0.2) is 0 Å². The third kappa shape index (κ3) is 3.02. The Bertz CT molecular complexity index is 534. The van der Waals surface area contributed by atoms with E-state index >= 15 is 0 Å². The number of hydrogen-bond acceptors (Lipinski definition) is 3. The summed E-state index contributed by atoms with van der Waals surface area (Å²) in [5.74, 6) is 0.842. The lowest BCUT2D eigenvalue weighted by Crippen LogP contribution is -2.24. The minimum Gasteiger partial charge on any atom is -0.493 e. The average molecular weight is 273 g/mol. The first kappa shape index (κ1) is 14.6. The highest BCUT2D eigenvalue weighted by atomic mass is 16.5. The maximum atomic E-state index is 5.47. The van der Waals surface area contributed by atoms with Crippen molar-refractivity contribution in [1.82, 2.24) is 15.1 Å². The van der Waals surface area contributed by atoms with Crippen LogP contribution in [0.25, 0.3) is 0 Å². The highest BCUT2D eigenvalue weighted by Gasteiger charge is 2.22. The monoisotopic (exact) mass is 273 g/mol. The van der Waals surface area contributed by atoms with Gasteiger partial charge in [-0.05, 0) is 32.9 Å². The Morgan fingerprint density at radius 3 is 2.50 bits per heavy atom. The van der Waals surface area contributed by atoms with Crippen molar-refractivity contribution in [2.45, 2.75) is 32.4 Å². The zero-order chi connectivity index (χ0) is 14.5. The summed E-state index contributed by atoms with van der Waals surface area (Å²) >= 11 is 0. The van der Waals surface area contributed by atoms with E-state index in [1.807, 2.05) is 17.8 Å². The van der Waals surface area contributed by atoms with Gasteiger partial charge in [0.25, 0.3) is 0 Å². The third-order valence-corrected chi connectivity index (χ3v) is 3.47. The second-order valence-corrected chi connectivity index (χ2v) is 5.17. The van der Waals surface area contributed by atoms with Crippen molar-refractivity contribution in [3.05, 3.63) is 47.8 Å². The van der Waals surface area contributed by atoms with Crippen molar-refractivity contribution >= 4 is 0 Å². The molecule has 4 nitrogen and oxygen atoms in total. The van der Waals surface area contributed by atoms with E-state index in [1.165, 1.54) is 5.56 Å². The first-order valence-electron chi connectivity index (χ1n) is 7.00. The highest BCUT2D eigenvalue weighted by molar-refractivity contribution is 5.30. The molecule has 2 aromatic rings. The van der Waals surface area contributed by atoms with Crippen molar-refractivity contribution < 1.29 is 4.74 Å². The largest absolute Gasteiger partial charge is 0.493 e. The Kier molecular flexibility index (Phi) is 4.79. The summed E-state index contributed by atoms with van der Waals surface area (Å²) in [6, 6.07) is 11.0. The minimum absolute atomic E-state index is 0.178. The SMILES string of the molecule is CNC(Cc1ccccc1)c1c(OC)cnn1C(C)C. The van der Waals surface area contributed by atoms with Gasteiger partial charge in [0.1, 0.15) is 0 Å². The first-order chi connectivity index (χ1) is 9.67. The molecule has 1 aromatic carbocycles. The van der Waals surface area contributed by atoms with Crippen LogP contribution >= 0.6 is 0 Å². The number of likely N-dealkylation sites (N-methyl/N-ethyl adjacent to an activating group) is 1. The van der Waals surface area contributed by atoms with Crippen LogP contribution in [0.15, 0.2) is 36.5 Å². The predicted molar refractivity (Wildman–Crippen MR) is 81.1 cm³/mol. The number of hydrogen-bond donors (Lipinski definition) is 1. The molecule has 0 aliphatic carbocycles. The molecular formula is C16H23N3O. The third-order valence-electron chi connectivity index (χ3n) is 3.47. The van der Waals surface area contributed by atoms with Crippen LogP contribution in [-0.4, -0.2) is 23.9 Å². The number of methoxy groups -OCH3 is 1. The van der Waals surface area contributed by atoms with Crippen LogP contribution in [0, 0.1) is 0 Å². The summed E-state index contributed by atoms with van der Waals surface area (Å²) in [4.78, 5) is 0. The fourth-order valence-electron chi connectivity index (χ4n) is 2.44. The number of rotatable bonds is 6. The second-order valence-electron chi connectivity index (χ2n) is 5.17. The average Bonchev–Trinajstić information content (AvgIpc) is 2.89. The van der Waals surface area contributed by atoms with Gasteiger partial charge in [-0.3, -0.25) is 4.68 Å². The molecule has 0 radical (unpaired) electrons. The highest BCUT2D eigenvalue weighted by Crippen LogP contribution is 2.29. The van der Waals surface area contributed by atoms with Crippen molar-refractivity contribution in [2.24, 2.45) is 0 Å². The first-order valence-corrected chi connectivity index (χ1v) is 7.00. The zero-order valence-electron chi connectivity index (χ0n) is 12.6. The molecule has 108 valence electrons.